The van der Waals surface area contributed by atoms with Gasteiger partial charge in [0.1, 0.15) is 17.5 Å². The number of carbonyl (C=O) groups excluding carboxylic acids is 3. The van der Waals surface area contributed by atoms with E-state index < -0.39 is 115 Å². The molecular formula is C76H105F3N11O20S3-. The molecule has 0 bridgehead atoms. The number of aliphatic carboxylic acids is 2. The summed E-state index contributed by atoms with van der Waals surface area (Å²) < 4.78 is 143. The highest BCUT2D eigenvalue weighted by Crippen LogP contribution is 2.37. The lowest BCUT2D eigenvalue weighted by Crippen LogP contribution is -2.52. The van der Waals surface area contributed by atoms with Crippen molar-refractivity contribution < 1.29 is 113 Å². The second kappa shape index (κ2) is 44.7. The highest BCUT2D eigenvalue weighted by atomic mass is 32.2. The van der Waals surface area contributed by atoms with Gasteiger partial charge in [-0.2, -0.15) is 0 Å². The summed E-state index contributed by atoms with van der Waals surface area (Å²) in [6.07, 6.45) is 5.65. The summed E-state index contributed by atoms with van der Waals surface area (Å²) >= 11 is 0. The Morgan fingerprint density at radius 3 is 1.19 bits per heavy atom. The van der Waals surface area contributed by atoms with Crippen molar-refractivity contribution in [3.05, 3.63) is 142 Å². The third-order valence-electron chi connectivity index (χ3n) is 16.4. The van der Waals surface area contributed by atoms with Crippen LogP contribution in [0.4, 0.5) is 31.0 Å². The zero-order valence-electron chi connectivity index (χ0n) is 66.1. The molecule has 0 radical (unpaired) electrons. The summed E-state index contributed by atoms with van der Waals surface area (Å²) in [5.74, 6) is -6.05. The number of anilines is 3. The Kier molecular flexibility index (Phi) is 38.2. The fraction of sp³-hybridized carbons (Fsp3) is 0.487. The fourth-order valence-corrected chi connectivity index (χ4v) is 11.8. The number of aromatic nitrogens is 6. The smallest absolute Gasteiger partial charge is 0.308 e. The van der Waals surface area contributed by atoms with Gasteiger partial charge in [0.05, 0.1) is 136 Å². The monoisotopic (exact) mass is 1640 g/mol. The van der Waals surface area contributed by atoms with E-state index in [2.05, 4.69) is 35.6 Å². The molecule has 6 aromatic rings. The maximum Gasteiger partial charge on any atom is 0.308 e. The van der Waals surface area contributed by atoms with E-state index in [0.717, 1.165) is 38.2 Å². The Morgan fingerprint density at radius 1 is 0.566 bits per heavy atom. The molecule has 0 spiro atoms. The highest BCUT2D eigenvalue weighted by Gasteiger charge is 2.36. The van der Waals surface area contributed by atoms with Gasteiger partial charge >= 0.3 is 5.97 Å². The third kappa shape index (κ3) is 32.2. The molecular weight excluding hydrogens is 1540 g/mol. The Labute approximate surface area is 658 Å². The maximum absolute atomic E-state index is 13.7. The van der Waals surface area contributed by atoms with Gasteiger partial charge in [-0.1, -0.05) is 78.0 Å². The maximum atomic E-state index is 13.7. The molecule has 31 nitrogen and oxygen atoms in total. The number of methoxy groups -OCH3 is 1. The number of carboxylic acids is 2. The van der Waals surface area contributed by atoms with Crippen LogP contribution in [0.25, 0.3) is 52.0 Å². The number of benzene rings is 3. The molecule has 1 aliphatic heterocycles. The molecule has 9 N–H and O–H groups in total. The lowest BCUT2D eigenvalue weighted by atomic mass is 9.97. The molecule has 113 heavy (non-hydrogen) atoms. The van der Waals surface area contributed by atoms with E-state index in [9.17, 15) is 83.4 Å². The van der Waals surface area contributed by atoms with Gasteiger partial charge in [-0.05, 0) is 104 Å². The number of esters is 1. The van der Waals surface area contributed by atoms with Crippen molar-refractivity contribution in [3.63, 3.8) is 0 Å². The minimum atomic E-state index is -3.66. The van der Waals surface area contributed by atoms with E-state index in [-0.39, 0.29) is 60.8 Å². The molecule has 0 unspecified atom stereocenters. The second-order valence-corrected chi connectivity index (χ2v) is 33.6. The van der Waals surface area contributed by atoms with Crippen molar-refractivity contribution in [1.29, 1.82) is 0 Å². The first-order chi connectivity index (χ1) is 52.7. The van der Waals surface area contributed by atoms with Crippen molar-refractivity contribution >= 4 is 84.1 Å². The van der Waals surface area contributed by atoms with Gasteiger partial charge in [-0.15, -0.1) is 0 Å². The minimum Gasteiger partial charge on any atom is -0.550 e. The summed E-state index contributed by atoms with van der Waals surface area (Å²) in [5, 5.41) is 61.1. The third-order valence-corrected chi connectivity index (χ3v) is 19.9. The molecule has 0 amide bonds. The standard InChI is InChI=1S/C26H34FN3O6S.2C22H28FN3O6S.C6H16N2O2/c1-16(2)23-21(13-12-19-14-20(15-22(31)34-6)36-26(3,4)35-19)24(17-8-10-18(27)11-9-17)29-25(28-23)30(5)37(7,32)33;2*1-13(2)20-18(10-9-16(27)11-17(28)12-19(29)30)21(14-5-7-15(23)8-6-14)25-22(24-20)26(3)33(4,31)32;7-1-3-9-5-6-10-4-2-8/h8-13,16,19-20H,14-15H2,1-7H3;2*5-10,13,16-17,27-28H,11-12H2,1-4H3,(H,29,30);1-8H2/p-1/b13-12+;2*10-9+;/t19-,20-;2*16-,17-;/m111./s1. The molecule has 0 saturated carbocycles. The molecule has 7 rings (SSSR count). The number of nitrogens with zero attached hydrogens (tertiary/aromatic N) is 9. The van der Waals surface area contributed by atoms with E-state index in [1.54, 1.807) is 26.0 Å². The van der Waals surface area contributed by atoms with Crippen molar-refractivity contribution in [3.8, 4) is 33.8 Å². The summed E-state index contributed by atoms with van der Waals surface area (Å²) in [6.45, 7) is 18.8. The van der Waals surface area contributed by atoms with Gasteiger partial charge in [0, 0.05) is 105 Å². The number of halogens is 3. The zero-order chi connectivity index (χ0) is 85.0. The van der Waals surface area contributed by atoms with Crippen molar-refractivity contribution in [2.75, 3.05) is 99.5 Å². The lowest BCUT2D eigenvalue weighted by molar-refractivity contribution is -0.374. The van der Waals surface area contributed by atoms with E-state index in [1.807, 2.05) is 53.7 Å². The number of hydrogen-bond acceptors (Lipinski definition) is 27. The predicted molar refractivity (Wildman–Crippen MR) is 417 cm³/mol. The predicted octanol–water partition coefficient (Wildman–Crippen LogP) is 4.64. The van der Waals surface area contributed by atoms with Crippen LogP contribution in [-0.4, -0.2) is 222 Å². The number of carboxylic acid groups (broad SMARTS) is 2. The SMILES string of the molecule is CC(C)c1nc(N(C)S(C)(=O)=O)nc(-c2ccc(F)cc2)c1/C=C/[C@@H](O)C[C@@H](O)CC(=O)[O-].CC(C)c1nc(N(C)S(C)(=O)=O)nc(-c2ccc(F)cc2)c1/C=C/[C@@H](O)C[C@@H](O)CC(=O)[O-].COC(=O)C[C@H]1C[C@@H](/C=C/c2c(-c3ccc(F)cc3)nc(N(C)S(C)(=O)=O)nc2C(C)C)OC(C)(C)O1.NCCOCCOCC[NH3+]. The van der Waals surface area contributed by atoms with Gasteiger partial charge in [0.25, 0.3) is 0 Å². The van der Waals surface area contributed by atoms with Crippen LogP contribution < -0.4 is 34.6 Å². The zero-order valence-corrected chi connectivity index (χ0v) is 68.5. The first-order valence-corrected chi connectivity index (χ1v) is 41.3. The number of hydrogen-bond donors (Lipinski definition) is 6. The van der Waals surface area contributed by atoms with Crippen LogP contribution in [-0.2, 0) is 68.1 Å². The fourth-order valence-electron chi connectivity index (χ4n) is 10.6. The summed E-state index contributed by atoms with van der Waals surface area (Å²) in [6, 6.07) is 16.7. The summed E-state index contributed by atoms with van der Waals surface area (Å²) in [5.41, 5.74) is 14.7. The second-order valence-electron chi connectivity index (χ2n) is 27.5. The number of ether oxygens (including phenoxy) is 5. The molecule has 0 aliphatic carbocycles. The van der Waals surface area contributed by atoms with Crippen LogP contribution in [0, 0.1) is 17.5 Å². The average molecular weight is 1650 g/mol. The largest absolute Gasteiger partial charge is 0.550 e. The van der Waals surface area contributed by atoms with Crippen LogP contribution in [0.2, 0.25) is 0 Å². The Balaban J connectivity index is 0.000000337. The van der Waals surface area contributed by atoms with Crippen molar-refractivity contribution in [2.45, 2.75) is 154 Å². The van der Waals surface area contributed by atoms with Gasteiger partial charge in [-0.25, -0.2) is 81.2 Å². The number of rotatable bonds is 35. The van der Waals surface area contributed by atoms with Crippen LogP contribution in [0.5, 0.6) is 0 Å². The molecule has 624 valence electrons. The first kappa shape index (κ1) is 96.5. The number of aliphatic hydroxyl groups excluding tert-OH is 4. The average Bonchev–Trinajstić information content (AvgIpc) is 0.790. The van der Waals surface area contributed by atoms with E-state index in [1.165, 1.54) is 113 Å². The Morgan fingerprint density at radius 2 is 0.894 bits per heavy atom. The van der Waals surface area contributed by atoms with E-state index in [4.69, 9.17) is 29.4 Å². The first-order valence-electron chi connectivity index (χ1n) is 35.8. The highest BCUT2D eigenvalue weighted by molar-refractivity contribution is 7.92. The van der Waals surface area contributed by atoms with Gasteiger partial charge < -0.3 is 75.4 Å². The molecule has 3 aromatic carbocycles. The summed E-state index contributed by atoms with van der Waals surface area (Å²) in [7, 11) is -5.57. The lowest BCUT2D eigenvalue weighted by Gasteiger charge is -2.39. The molecule has 37 heteroatoms. The molecule has 3 aromatic heterocycles. The summed E-state index contributed by atoms with van der Waals surface area (Å²) in [4.78, 5) is 59.9. The molecule has 1 saturated heterocycles. The van der Waals surface area contributed by atoms with Crippen LogP contribution in [0.3, 0.4) is 0 Å². The Bertz CT molecular complexity index is 4360. The van der Waals surface area contributed by atoms with Crippen molar-refractivity contribution in [2.24, 2.45) is 5.73 Å². The van der Waals surface area contributed by atoms with Crippen LogP contribution in [0.1, 0.15) is 145 Å². The number of carbonyl (C=O) groups is 3. The molecule has 4 heterocycles. The number of quaternary nitrogens is 1. The molecule has 6 atom stereocenters. The van der Waals surface area contributed by atoms with Crippen molar-refractivity contribution in [1.82, 2.24) is 29.9 Å². The van der Waals surface area contributed by atoms with Gasteiger partial charge in [0.15, 0.2) is 5.79 Å². The van der Waals surface area contributed by atoms with E-state index >= 15 is 0 Å². The molecule has 1 aliphatic rings. The Hall–Kier alpha value is -8.83. The molecule has 1 fully saturated rings. The van der Waals surface area contributed by atoms with Gasteiger partial charge in [-0.3, -0.25) is 4.79 Å². The number of nitrogens with two attached hydrogens (primary N) is 1. The quantitative estimate of drug-likeness (QED) is 0.0233. The number of aliphatic hydroxyl groups is 4. The van der Waals surface area contributed by atoms with E-state index in [0.29, 0.717) is 107 Å². The van der Waals surface area contributed by atoms with Gasteiger partial charge in [0.2, 0.25) is 47.9 Å². The number of sulfonamides is 3. The topological polar surface area (TPSA) is 468 Å². The normalized spacial score (nSPS) is 15.5. The van der Waals surface area contributed by atoms with Crippen LogP contribution in [0.15, 0.2) is 91.0 Å². The van der Waals surface area contributed by atoms with Crippen LogP contribution >= 0.6 is 0 Å². The minimum absolute atomic E-state index is 0.0178.